The van der Waals surface area contributed by atoms with E-state index in [9.17, 15) is 4.79 Å². The van der Waals surface area contributed by atoms with Crippen molar-refractivity contribution >= 4 is 6.41 Å². The largest absolute Gasteiger partial charge is 0.355 e. The van der Waals surface area contributed by atoms with Crippen LogP contribution in [0.3, 0.4) is 0 Å². The topological polar surface area (TPSA) is 42.1 Å². The summed E-state index contributed by atoms with van der Waals surface area (Å²) in [7, 11) is 4.42. The fraction of sp³-hybridized carbons (Fsp3) is 0.536. The Morgan fingerprint density at radius 3 is 1.94 bits per heavy atom. The molecule has 6 heteroatoms. The molecule has 4 rings (SSSR count). The third kappa shape index (κ3) is 7.12. The van der Waals surface area contributed by atoms with Gasteiger partial charge in [-0.15, -0.1) is 0 Å². The summed E-state index contributed by atoms with van der Waals surface area (Å²) < 4.78 is 0. The number of likely N-dealkylation sites (N-methyl/N-ethyl adjacent to an activating group) is 2. The molecule has 2 heterocycles. The molecule has 0 aliphatic carbocycles. The number of nitrogens with one attached hydrogen (secondary N) is 1. The first-order valence-electron chi connectivity index (χ1n) is 12.8. The standard InChI is InChI=1S/C28H41N5O/c1-30-11-3-13-32(17-15-30)21-24-5-8-26(9-6-24)28-10-7-25(19-27(28)20-29-23-34)22-33-14-4-12-31(2)16-18-33/h5-10,19,23H,3-4,11-18,20-22H2,1-2H3,(H,29,34). The maximum Gasteiger partial charge on any atom is 0.207 e. The van der Waals surface area contributed by atoms with Gasteiger partial charge in [0.1, 0.15) is 0 Å². The number of carbonyl (C=O) groups is 1. The molecular weight excluding hydrogens is 422 g/mol. The quantitative estimate of drug-likeness (QED) is 0.610. The average molecular weight is 464 g/mol. The Morgan fingerprint density at radius 2 is 1.32 bits per heavy atom. The van der Waals surface area contributed by atoms with Gasteiger partial charge in [0.2, 0.25) is 6.41 Å². The lowest BCUT2D eigenvalue weighted by molar-refractivity contribution is -0.109. The van der Waals surface area contributed by atoms with Gasteiger partial charge in [-0.3, -0.25) is 14.6 Å². The van der Waals surface area contributed by atoms with Crippen LogP contribution < -0.4 is 5.32 Å². The molecule has 2 aliphatic heterocycles. The summed E-state index contributed by atoms with van der Waals surface area (Å²) >= 11 is 0. The predicted octanol–water partition coefficient (Wildman–Crippen LogP) is 2.87. The maximum atomic E-state index is 11.0. The van der Waals surface area contributed by atoms with E-state index in [4.69, 9.17) is 0 Å². The second-order valence-electron chi connectivity index (χ2n) is 10.1. The van der Waals surface area contributed by atoms with Crippen LogP contribution in [0.2, 0.25) is 0 Å². The molecule has 0 spiro atoms. The summed E-state index contributed by atoms with van der Waals surface area (Å²) in [6.07, 6.45) is 3.25. The molecule has 2 saturated heterocycles. The van der Waals surface area contributed by atoms with E-state index in [0.29, 0.717) is 6.54 Å². The molecule has 1 N–H and O–H groups in total. The number of benzene rings is 2. The Kier molecular flexibility index (Phi) is 9.11. The van der Waals surface area contributed by atoms with Gasteiger partial charge >= 0.3 is 0 Å². The van der Waals surface area contributed by atoms with Crippen molar-refractivity contribution in [2.75, 3.05) is 66.5 Å². The van der Waals surface area contributed by atoms with Crippen molar-refractivity contribution in [2.45, 2.75) is 32.5 Å². The van der Waals surface area contributed by atoms with Crippen molar-refractivity contribution in [3.05, 3.63) is 59.2 Å². The van der Waals surface area contributed by atoms with E-state index < -0.39 is 0 Å². The van der Waals surface area contributed by atoms with E-state index in [1.54, 1.807) is 0 Å². The summed E-state index contributed by atoms with van der Waals surface area (Å²) in [5.41, 5.74) is 6.28. The fourth-order valence-electron chi connectivity index (χ4n) is 5.15. The van der Waals surface area contributed by atoms with Crippen molar-refractivity contribution in [3.63, 3.8) is 0 Å². The number of amides is 1. The minimum absolute atomic E-state index is 0.554. The Hall–Kier alpha value is -2.25. The Labute approximate surface area is 205 Å². The molecule has 2 aliphatic rings. The molecule has 0 bridgehead atoms. The van der Waals surface area contributed by atoms with E-state index in [1.165, 1.54) is 60.3 Å². The first kappa shape index (κ1) is 24.9. The van der Waals surface area contributed by atoms with E-state index >= 15 is 0 Å². The summed E-state index contributed by atoms with van der Waals surface area (Å²) in [5.74, 6) is 0. The molecule has 0 saturated carbocycles. The van der Waals surface area contributed by atoms with Crippen LogP contribution in [0.1, 0.15) is 29.5 Å². The highest BCUT2D eigenvalue weighted by Gasteiger charge is 2.15. The number of nitrogens with zero attached hydrogens (tertiary/aromatic N) is 4. The number of rotatable bonds is 8. The summed E-state index contributed by atoms with van der Waals surface area (Å²) in [6.45, 7) is 11.7. The van der Waals surface area contributed by atoms with Gasteiger partial charge in [-0.25, -0.2) is 0 Å². The normalized spacial score (nSPS) is 19.5. The van der Waals surface area contributed by atoms with Crippen molar-refractivity contribution in [1.29, 1.82) is 0 Å². The molecule has 34 heavy (non-hydrogen) atoms. The molecule has 0 radical (unpaired) electrons. The Balaban J connectivity index is 1.45. The molecular formula is C28H41N5O. The summed E-state index contributed by atoms with van der Waals surface area (Å²) in [4.78, 5) is 21.0. The molecule has 2 aromatic rings. The molecule has 0 unspecified atom stereocenters. The minimum atomic E-state index is 0.554. The van der Waals surface area contributed by atoms with E-state index in [2.05, 4.69) is 81.5 Å². The van der Waals surface area contributed by atoms with Crippen molar-refractivity contribution in [2.24, 2.45) is 0 Å². The van der Waals surface area contributed by atoms with Crippen LogP contribution in [-0.2, 0) is 24.4 Å². The molecule has 0 atom stereocenters. The predicted molar refractivity (Wildman–Crippen MR) is 140 cm³/mol. The lowest BCUT2D eigenvalue weighted by Gasteiger charge is -2.21. The van der Waals surface area contributed by atoms with Crippen LogP contribution in [0, 0.1) is 0 Å². The molecule has 2 aromatic carbocycles. The molecule has 0 aromatic heterocycles. The second kappa shape index (κ2) is 12.5. The highest BCUT2D eigenvalue weighted by Crippen LogP contribution is 2.26. The molecule has 1 amide bonds. The van der Waals surface area contributed by atoms with Gasteiger partial charge in [-0.05, 0) is 80.9 Å². The van der Waals surface area contributed by atoms with Crippen LogP contribution in [0.25, 0.3) is 11.1 Å². The van der Waals surface area contributed by atoms with Gasteiger partial charge in [-0.2, -0.15) is 0 Å². The lowest BCUT2D eigenvalue weighted by atomic mass is 9.96. The Bertz CT molecular complexity index is 916. The maximum absolute atomic E-state index is 11.0. The van der Waals surface area contributed by atoms with Crippen LogP contribution in [0.5, 0.6) is 0 Å². The van der Waals surface area contributed by atoms with E-state index in [0.717, 1.165) is 52.2 Å². The van der Waals surface area contributed by atoms with Crippen LogP contribution >= 0.6 is 0 Å². The lowest BCUT2D eigenvalue weighted by Crippen LogP contribution is -2.28. The fourth-order valence-corrected chi connectivity index (χ4v) is 5.15. The van der Waals surface area contributed by atoms with Crippen molar-refractivity contribution in [1.82, 2.24) is 24.9 Å². The van der Waals surface area contributed by atoms with Crippen LogP contribution in [0.4, 0.5) is 0 Å². The third-order valence-corrected chi connectivity index (χ3v) is 7.25. The van der Waals surface area contributed by atoms with Gasteiger partial charge in [0.15, 0.2) is 0 Å². The monoisotopic (exact) mass is 463 g/mol. The first-order chi connectivity index (χ1) is 16.6. The minimum Gasteiger partial charge on any atom is -0.355 e. The summed E-state index contributed by atoms with van der Waals surface area (Å²) in [5, 5.41) is 2.88. The van der Waals surface area contributed by atoms with Gasteiger partial charge in [0.25, 0.3) is 0 Å². The van der Waals surface area contributed by atoms with Gasteiger partial charge in [0.05, 0.1) is 0 Å². The second-order valence-corrected chi connectivity index (χ2v) is 10.1. The zero-order chi connectivity index (χ0) is 23.8. The van der Waals surface area contributed by atoms with E-state index in [1.807, 2.05) is 0 Å². The van der Waals surface area contributed by atoms with E-state index in [-0.39, 0.29) is 0 Å². The molecule has 2 fully saturated rings. The van der Waals surface area contributed by atoms with Crippen molar-refractivity contribution < 1.29 is 4.79 Å². The zero-order valence-corrected chi connectivity index (χ0v) is 21.0. The van der Waals surface area contributed by atoms with Gasteiger partial charge in [0, 0.05) is 45.8 Å². The Morgan fingerprint density at radius 1 is 0.735 bits per heavy atom. The average Bonchev–Trinajstić information content (AvgIpc) is 3.18. The molecule has 6 nitrogen and oxygen atoms in total. The highest BCUT2D eigenvalue weighted by molar-refractivity contribution is 5.68. The number of hydrogen-bond acceptors (Lipinski definition) is 5. The van der Waals surface area contributed by atoms with Gasteiger partial charge in [-0.1, -0.05) is 42.5 Å². The third-order valence-electron chi connectivity index (χ3n) is 7.25. The number of carbonyl (C=O) groups excluding carboxylic acids is 1. The first-order valence-corrected chi connectivity index (χ1v) is 12.8. The highest BCUT2D eigenvalue weighted by atomic mass is 16.1. The smallest absolute Gasteiger partial charge is 0.207 e. The SMILES string of the molecule is CN1CCCN(Cc2ccc(-c3ccc(CN4CCCN(C)CC4)cc3CNC=O)cc2)CC1. The zero-order valence-electron chi connectivity index (χ0n) is 21.0. The number of hydrogen-bond donors (Lipinski definition) is 1. The van der Waals surface area contributed by atoms with Crippen LogP contribution in [-0.4, -0.2) is 92.5 Å². The van der Waals surface area contributed by atoms with Crippen molar-refractivity contribution in [3.8, 4) is 11.1 Å². The molecule has 184 valence electrons. The van der Waals surface area contributed by atoms with Crippen LogP contribution in [0.15, 0.2) is 42.5 Å². The summed E-state index contributed by atoms with van der Waals surface area (Å²) in [6, 6.07) is 15.8. The van der Waals surface area contributed by atoms with Gasteiger partial charge < -0.3 is 15.1 Å².